The van der Waals surface area contributed by atoms with Crippen LogP contribution in [-0.4, -0.2) is 34.4 Å². The number of anilines is 1. The lowest BCUT2D eigenvalue weighted by molar-refractivity contribution is -0.117. The zero-order valence-electron chi connectivity index (χ0n) is 13.9. The molecule has 0 bridgehead atoms. The molecule has 0 fully saturated rings. The number of aromatic nitrogens is 2. The fourth-order valence-electron chi connectivity index (χ4n) is 2.56. The van der Waals surface area contributed by atoms with Gasteiger partial charge in [0.15, 0.2) is 0 Å². The van der Waals surface area contributed by atoms with Gasteiger partial charge in [-0.3, -0.25) is 14.5 Å². The molecule has 0 spiro atoms. The third-order valence-electron chi connectivity index (χ3n) is 3.72. The summed E-state index contributed by atoms with van der Waals surface area (Å²) in [6.45, 7) is 0.413. The Morgan fingerprint density at radius 3 is 2.77 bits per heavy atom. The molecule has 8 heteroatoms. The summed E-state index contributed by atoms with van der Waals surface area (Å²) in [5.41, 5.74) is 0.874. The van der Waals surface area contributed by atoms with Gasteiger partial charge in [0, 0.05) is 0 Å². The second-order valence-corrected chi connectivity index (χ2v) is 6.64. The van der Waals surface area contributed by atoms with Gasteiger partial charge >= 0.3 is 0 Å². The Balaban J connectivity index is 1.67. The van der Waals surface area contributed by atoms with Gasteiger partial charge in [-0.2, -0.15) is 0 Å². The van der Waals surface area contributed by atoms with E-state index in [9.17, 15) is 9.59 Å². The minimum absolute atomic E-state index is 0.0966. The van der Waals surface area contributed by atoms with Gasteiger partial charge in [0.2, 0.25) is 5.91 Å². The highest BCUT2D eigenvalue weighted by Crippen LogP contribution is 2.29. The van der Waals surface area contributed by atoms with Gasteiger partial charge in [-0.05, 0) is 31.3 Å². The molecule has 0 atom stereocenters. The van der Waals surface area contributed by atoms with Crippen LogP contribution in [0.4, 0.5) is 5.69 Å². The van der Waals surface area contributed by atoms with Crippen molar-refractivity contribution in [2.45, 2.75) is 6.54 Å². The quantitative estimate of drug-likeness (QED) is 0.700. The van der Waals surface area contributed by atoms with E-state index in [4.69, 9.17) is 23.2 Å². The maximum Gasteiger partial charge on any atom is 0.258 e. The highest BCUT2D eigenvalue weighted by atomic mass is 35.5. The van der Waals surface area contributed by atoms with Crippen molar-refractivity contribution < 1.29 is 4.79 Å². The second kappa shape index (κ2) is 7.86. The number of carbonyl (C=O) groups is 1. The average molecular weight is 391 g/mol. The first-order chi connectivity index (χ1) is 12.4. The number of amides is 1. The Labute approximate surface area is 159 Å². The van der Waals surface area contributed by atoms with Gasteiger partial charge in [-0.15, -0.1) is 0 Å². The fourth-order valence-corrected chi connectivity index (χ4v) is 2.90. The molecule has 6 nitrogen and oxygen atoms in total. The molecule has 0 aliphatic carbocycles. The topological polar surface area (TPSA) is 78.1 Å². The number of nitrogens with one attached hydrogen (secondary N) is 2. The summed E-state index contributed by atoms with van der Waals surface area (Å²) in [6.07, 6.45) is 0. The number of aromatic amines is 1. The van der Waals surface area contributed by atoms with E-state index < -0.39 is 0 Å². The first kappa shape index (κ1) is 18.4. The molecule has 0 unspecified atom stereocenters. The number of hydrogen-bond acceptors (Lipinski definition) is 4. The van der Waals surface area contributed by atoms with Gasteiger partial charge in [-0.25, -0.2) is 4.98 Å². The summed E-state index contributed by atoms with van der Waals surface area (Å²) < 4.78 is 0. The Hall–Kier alpha value is -2.41. The van der Waals surface area contributed by atoms with Crippen molar-refractivity contribution in [3.05, 3.63) is 68.7 Å². The summed E-state index contributed by atoms with van der Waals surface area (Å²) in [6, 6.07) is 12.1. The lowest BCUT2D eigenvalue weighted by atomic mass is 10.2. The number of nitrogens with zero attached hydrogens (tertiary/aromatic N) is 2. The Bertz CT molecular complexity index is 1020. The average Bonchev–Trinajstić information content (AvgIpc) is 2.59. The third-order valence-corrected chi connectivity index (χ3v) is 4.54. The number of para-hydroxylation sites is 1. The largest absolute Gasteiger partial charge is 0.324 e. The number of fused-ring (bicyclic) bond motifs is 1. The van der Waals surface area contributed by atoms with E-state index >= 15 is 0 Å². The van der Waals surface area contributed by atoms with Crippen molar-refractivity contribution >= 4 is 45.7 Å². The molecule has 26 heavy (non-hydrogen) atoms. The zero-order valence-corrected chi connectivity index (χ0v) is 15.4. The van der Waals surface area contributed by atoms with E-state index in [0.717, 1.165) is 0 Å². The molecule has 0 saturated carbocycles. The van der Waals surface area contributed by atoms with Gasteiger partial charge in [-0.1, -0.05) is 41.4 Å². The van der Waals surface area contributed by atoms with Crippen LogP contribution in [-0.2, 0) is 11.3 Å². The van der Waals surface area contributed by atoms with Gasteiger partial charge in [0.1, 0.15) is 5.82 Å². The lowest BCUT2D eigenvalue weighted by Crippen LogP contribution is -2.31. The predicted octanol–water partition coefficient (Wildman–Crippen LogP) is 3.30. The highest BCUT2D eigenvalue weighted by molar-refractivity contribution is 6.44. The van der Waals surface area contributed by atoms with Crippen molar-refractivity contribution in [2.24, 2.45) is 0 Å². The summed E-state index contributed by atoms with van der Waals surface area (Å²) in [4.78, 5) is 33.2. The first-order valence-corrected chi connectivity index (χ1v) is 8.60. The molecule has 2 N–H and O–H groups in total. The number of carbonyl (C=O) groups excluding carboxylic acids is 1. The number of hydrogen-bond donors (Lipinski definition) is 2. The van der Waals surface area contributed by atoms with E-state index in [-0.39, 0.29) is 18.0 Å². The van der Waals surface area contributed by atoms with Crippen molar-refractivity contribution in [2.75, 3.05) is 18.9 Å². The predicted molar refractivity (Wildman–Crippen MR) is 104 cm³/mol. The van der Waals surface area contributed by atoms with E-state index in [1.807, 2.05) is 6.07 Å². The summed E-state index contributed by atoms with van der Waals surface area (Å²) in [5.74, 6) is 0.240. The van der Waals surface area contributed by atoms with Crippen LogP contribution in [0.25, 0.3) is 10.9 Å². The molecule has 1 aromatic heterocycles. The van der Waals surface area contributed by atoms with Gasteiger partial charge in [0.25, 0.3) is 5.56 Å². The van der Waals surface area contributed by atoms with E-state index in [2.05, 4.69) is 15.3 Å². The lowest BCUT2D eigenvalue weighted by Gasteiger charge is -2.16. The van der Waals surface area contributed by atoms with Crippen molar-refractivity contribution in [1.82, 2.24) is 14.9 Å². The van der Waals surface area contributed by atoms with Crippen LogP contribution in [0.3, 0.4) is 0 Å². The van der Waals surface area contributed by atoms with Gasteiger partial charge < -0.3 is 10.3 Å². The molecule has 0 aliphatic rings. The molecule has 3 aromatic rings. The SMILES string of the molecule is CN(CC(=O)Nc1cccc(Cl)c1Cl)Cc1nc2ccccc2c(=O)[nH]1. The monoisotopic (exact) mass is 390 g/mol. The van der Waals surface area contributed by atoms with Crippen molar-refractivity contribution in [3.8, 4) is 0 Å². The first-order valence-electron chi connectivity index (χ1n) is 7.84. The van der Waals surface area contributed by atoms with Crippen LogP contribution in [0.15, 0.2) is 47.3 Å². The Morgan fingerprint density at radius 2 is 1.96 bits per heavy atom. The van der Waals surface area contributed by atoms with E-state index in [1.54, 1.807) is 48.3 Å². The van der Waals surface area contributed by atoms with Crippen LogP contribution >= 0.6 is 23.2 Å². The molecule has 0 radical (unpaired) electrons. The fraction of sp³-hybridized carbons (Fsp3) is 0.167. The van der Waals surface area contributed by atoms with Crippen molar-refractivity contribution in [3.63, 3.8) is 0 Å². The summed E-state index contributed by atoms with van der Waals surface area (Å²) >= 11 is 12.0. The van der Waals surface area contributed by atoms with Crippen LogP contribution in [0, 0.1) is 0 Å². The number of H-pyrrole nitrogens is 1. The van der Waals surface area contributed by atoms with Crippen LogP contribution in [0.1, 0.15) is 5.82 Å². The molecular weight excluding hydrogens is 375 g/mol. The number of halogens is 2. The molecule has 3 rings (SSSR count). The highest BCUT2D eigenvalue weighted by Gasteiger charge is 2.12. The van der Waals surface area contributed by atoms with Crippen LogP contribution < -0.4 is 10.9 Å². The summed E-state index contributed by atoms with van der Waals surface area (Å²) in [5, 5.41) is 3.92. The number of benzene rings is 2. The normalized spacial score (nSPS) is 11.1. The maximum absolute atomic E-state index is 12.2. The molecule has 1 heterocycles. The Kier molecular flexibility index (Phi) is 5.56. The van der Waals surface area contributed by atoms with Gasteiger partial charge in [0.05, 0.1) is 39.7 Å². The minimum Gasteiger partial charge on any atom is -0.324 e. The molecule has 2 aromatic carbocycles. The molecule has 0 aliphatic heterocycles. The standard InChI is InChI=1S/C18H16Cl2N4O2/c1-24(10-16(25)22-14-8-4-6-12(19)17(14)20)9-15-21-13-7-3-2-5-11(13)18(26)23-15/h2-8H,9-10H2,1H3,(H,22,25)(H,21,23,26). The third kappa shape index (κ3) is 4.22. The molecule has 0 saturated heterocycles. The number of likely N-dealkylation sites (N-methyl/N-ethyl adjacent to an activating group) is 1. The Morgan fingerprint density at radius 1 is 1.19 bits per heavy atom. The summed E-state index contributed by atoms with van der Waals surface area (Å²) in [7, 11) is 1.76. The van der Waals surface area contributed by atoms with E-state index in [0.29, 0.717) is 39.0 Å². The smallest absolute Gasteiger partial charge is 0.258 e. The minimum atomic E-state index is -0.250. The maximum atomic E-state index is 12.2. The molecule has 1 amide bonds. The van der Waals surface area contributed by atoms with E-state index in [1.165, 1.54) is 0 Å². The second-order valence-electron chi connectivity index (χ2n) is 5.85. The van der Waals surface area contributed by atoms with Crippen molar-refractivity contribution in [1.29, 1.82) is 0 Å². The number of rotatable bonds is 5. The molecular formula is C18H16Cl2N4O2. The van der Waals surface area contributed by atoms with Crippen LogP contribution in [0.2, 0.25) is 10.0 Å². The zero-order chi connectivity index (χ0) is 18.7. The molecule has 134 valence electrons. The van der Waals surface area contributed by atoms with Crippen LogP contribution in [0.5, 0.6) is 0 Å².